The third kappa shape index (κ3) is 4.05. The number of nitrogens with zero attached hydrogens (tertiary/aromatic N) is 1. The maximum absolute atomic E-state index is 12.3. The molecule has 0 bridgehead atoms. The van der Waals surface area contributed by atoms with Gasteiger partial charge in [0.2, 0.25) is 11.7 Å². The number of para-hydroxylation sites is 1. The molecule has 26 heavy (non-hydrogen) atoms. The van der Waals surface area contributed by atoms with Crippen LogP contribution in [0, 0.1) is 0 Å². The Balaban J connectivity index is 1.58. The Bertz CT molecular complexity index is 818. The van der Waals surface area contributed by atoms with Gasteiger partial charge in [-0.3, -0.25) is 19.3 Å². The molecular weight excluding hydrogens is 354 g/mol. The second-order valence-corrected chi connectivity index (χ2v) is 6.52. The van der Waals surface area contributed by atoms with Crippen LogP contribution in [0.15, 0.2) is 48.5 Å². The molecule has 0 aromatic heterocycles. The number of ketones is 1. The Morgan fingerprint density at radius 2 is 1.85 bits per heavy atom. The number of ether oxygens (including phenoxy) is 2. The van der Waals surface area contributed by atoms with Crippen molar-refractivity contribution in [3.8, 4) is 11.5 Å². The van der Waals surface area contributed by atoms with Crippen LogP contribution in [0.2, 0.25) is 0 Å². The molecule has 7 heteroatoms. The molecule has 6 nitrogen and oxygen atoms in total. The smallest absolute Gasteiger partial charge is 0.289 e. The highest BCUT2D eigenvalue weighted by Gasteiger charge is 2.29. The molecule has 1 saturated heterocycles. The Morgan fingerprint density at radius 3 is 2.50 bits per heavy atom. The van der Waals surface area contributed by atoms with Crippen LogP contribution >= 0.6 is 11.8 Å². The predicted octanol–water partition coefficient (Wildman–Crippen LogP) is 3.15. The zero-order chi connectivity index (χ0) is 18.5. The molecule has 2 aromatic rings. The summed E-state index contributed by atoms with van der Waals surface area (Å²) in [6, 6.07) is 13.9. The van der Waals surface area contributed by atoms with E-state index in [1.54, 1.807) is 48.5 Å². The third-order valence-electron chi connectivity index (χ3n) is 3.88. The van der Waals surface area contributed by atoms with Gasteiger partial charge in [0, 0.05) is 0 Å². The molecule has 1 aliphatic heterocycles. The van der Waals surface area contributed by atoms with Gasteiger partial charge >= 0.3 is 0 Å². The number of hydrogen-bond donors (Lipinski definition) is 0. The molecule has 2 amide bonds. The molecule has 0 N–H and O–H groups in total. The summed E-state index contributed by atoms with van der Waals surface area (Å²) >= 11 is 1.01. The average molecular weight is 371 g/mol. The van der Waals surface area contributed by atoms with E-state index in [4.69, 9.17) is 9.47 Å². The van der Waals surface area contributed by atoms with Crippen LogP contribution < -0.4 is 9.47 Å². The van der Waals surface area contributed by atoms with Crippen molar-refractivity contribution in [1.29, 1.82) is 0 Å². The van der Waals surface area contributed by atoms with Crippen molar-refractivity contribution < 1.29 is 23.9 Å². The molecule has 1 fully saturated rings. The lowest BCUT2D eigenvalue weighted by Gasteiger charge is -2.13. The summed E-state index contributed by atoms with van der Waals surface area (Å²) in [6.45, 7) is 0.130. The first-order valence-electron chi connectivity index (χ1n) is 7.93. The number of benzene rings is 2. The molecular formula is C19H17NO5S. The lowest BCUT2D eigenvalue weighted by Crippen LogP contribution is -2.27. The zero-order valence-electron chi connectivity index (χ0n) is 14.1. The van der Waals surface area contributed by atoms with E-state index >= 15 is 0 Å². The molecule has 0 saturated carbocycles. The van der Waals surface area contributed by atoms with E-state index in [0.29, 0.717) is 17.1 Å². The van der Waals surface area contributed by atoms with Gasteiger partial charge in [0.25, 0.3) is 5.24 Å². The highest BCUT2D eigenvalue weighted by atomic mass is 32.2. The number of methoxy groups -OCH3 is 1. The Kier molecular flexibility index (Phi) is 5.58. The topological polar surface area (TPSA) is 72.9 Å². The summed E-state index contributed by atoms with van der Waals surface area (Å²) in [5, 5.41) is -0.224. The minimum absolute atomic E-state index is 0.112. The maximum Gasteiger partial charge on any atom is 0.289 e. The SMILES string of the molecule is COc1ccccc1C(=O)COc1ccc(CN2C(=O)CSC2=O)cc1. The fourth-order valence-corrected chi connectivity index (χ4v) is 3.23. The Hall–Kier alpha value is -2.80. The minimum atomic E-state index is -0.224. The summed E-state index contributed by atoms with van der Waals surface area (Å²) in [5.74, 6) is 0.879. The van der Waals surface area contributed by atoms with Crippen molar-refractivity contribution in [3.63, 3.8) is 0 Å². The fourth-order valence-electron chi connectivity index (χ4n) is 2.51. The molecule has 0 aliphatic carbocycles. The summed E-state index contributed by atoms with van der Waals surface area (Å²) in [4.78, 5) is 36.8. The second-order valence-electron chi connectivity index (χ2n) is 5.59. The van der Waals surface area contributed by atoms with Crippen molar-refractivity contribution in [1.82, 2.24) is 4.90 Å². The quantitative estimate of drug-likeness (QED) is 0.696. The van der Waals surface area contributed by atoms with E-state index in [1.807, 2.05) is 0 Å². The number of Topliss-reactive ketones (excluding diaryl/α,β-unsaturated/α-hetero) is 1. The van der Waals surface area contributed by atoms with Crippen LogP contribution in [0.3, 0.4) is 0 Å². The maximum atomic E-state index is 12.3. The molecule has 2 aromatic carbocycles. The van der Waals surface area contributed by atoms with Crippen LogP contribution in [-0.2, 0) is 11.3 Å². The fraction of sp³-hybridized carbons (Fsp3) is 0.211. The second kappa shape index (κ2) is 8.05. The summed E-state index contributed by atoms with van der Waals surface area (Å²) in [5.41, 5.74) is 1.28. The van der Waals surface area contributed by atoms with Gasteiger partial charge < -0.3 is 9.47 Å². The minimum Gasteiger partial charge on any atom is -0.496 e. The number of rotatable bonds is 7. The van der Waals surface area contributed by atoms with Crippen molar-refractivity contribution in [2.45, 2.75) is 6.54 Å². The Morgan fingerprint density at radius 1 is 1.12 bits per heavy atom. The van der Waals surface area contributed by atoms with Gasteiger partial charge in [-0.2, -0.15) is 0 Å². The van der Waals surface area contributed by atoms with Crippen LogP contribution in [0.5, 0.6) is 11.5 Å². The summed E-state index contributed by atoms with van der Waals surface area (Å²) in [6.07, 6.45) is 0. The summed E-state index contributed by atoms with van der Waals surface area (Å²) in [7, 11) is 1.51. The van der Waals surface area contributed by atoms with E-state index < -0.39 is 0 Å². The number of carbonyl (C=O) groups is 3. The third-order valence-corrected chi connectivity index (χ3v) is 4.74. The van der Waals surface area contributed by atoms with Crippen LogP contribution in [-0.4, -0.2) is 41.3 Å². The van der Waals surface area contributed by atoms with Gasteiger partial charge in [-0.1, -0.05) is 36.0 Å². The van der Waals surface area contributed by atoms with E-state index in [2.05, 4.69) is 0 Å². The molecule has 3 rings (SSSR count). The van der Waals surface area contributed by atoms with E-state index in [0.717, 1.165) is 17.3 Å². The van der Waals surface area contributed by atoms with Gasteiger partial charge in [-0.25, -0.2) is 0 Å². The van der Waals surface area contributed by atoms with Gasteiger partial charge in [-0.15, -0.1) is 0 Å². The van der Waals surface area contributed by atoms with Gasteiger partial charge in [-0.05, 0) is 29.8 Å². The number of imide groups is 1. The van der Waals surface area contributed by atoms with Gasteiger partial charge in [0.05, 0.1) is 25.0 Å². The van der Waals surface area contributed by atoms with Crippen LogP contribution in [0.4, 0.5) is 4.79 Å². The largest absolute Gasteiger partial charge is 0.496 e. The first-order chi connectivity index (χ1) is 12.6. The number of carbonyl (C=O) groups excluding carboxylic acids is 3. The first kappa shape index (κ1) is 18.0. The van der Waals surface area contributed by atoms with Crippen molar-refractivity contribution in [2.75, 3.05) is 19.5 Å². The monoisotopic (exact) mass is 371 g/mol. The lowest BCUT2D eigenvalue weighted by molar-refractivity contribution is -0.125. The molecule has 0 atom stereocenters. The van der Waals surface area contributed by atoms with Gasteiger partial charge in [0.1, 0.15) is 11.5 Å². The van der Waals surface area contributed by atoms with E-state index in [1.165, 1.54) is 12.0 Å². The predicted molar refractivity (Wildman–Crippen MR) is 97.7 cm³/mol. The molecule has 134 valence electrons. The summed E-state index contributed by atoms with van der Waals surface area (Å²) < 4.78 is 10.7. The van der Waals surface area contributed by atoms with E-state index in [-0.39, 0.29) is 35.8 Å². The average Bonchev–Trinajstić information content (AvgIpc) is 2.99. The highest BCUT2D eigenvalue weighted by molar-refractivity contribution is 8.14. The first-order valence-corrected chi connectivity index (χ1v) is 8.92. The highest BCUT2D eigenvalue weighted by Crippen LogP contribution is 2.23. The van der Waals surface area contributed by atoms with Crippen molar-refractivity contribution in [2.24, 2.45) is 0 Å². The van der Waals surface area contributed by atoms with Crippen molar-refractivity contribution >= 4 is 28.7 Å². The number of thioether (sulfide) groups is 1. The lowest BCUT2D eigenvalue weighted by atomic mass is 10.1. The van der Waals surface area contributed by atoms with Gasteiger partial charge in [0.15, 0.2) is 6.61 Å². The normalized spacial score (nSPS) is 13.8. The molecule has 0 spiro atoms. The molecule has 0 unspecified atom stereocenters. The van der Waals surface area contributed by atoms with Crippen molar-refractivity contribution in [3.05, 3.63) is 59.7 Å². The Labute approximate surface area is 155 Å². The van der Waals surface area contributed by atoms with E-state index in [9.17, 15) is 14.4 Å². The zero-order valence-corrected chi connectivity index (χ0v) is 15.0. The number of amides is 2. The number of hydrogen-bond acceptors (Lipinski definition) is 6. The molecule has 0 radical (unpaired) electrons. The van der Waals surface area contributed by atoms with Crippen LogP contribution in [0.1, 0.15) is 15.9 Å². The molecule has 1 aliphatic rings. The molecule has 1 heterocycles. The standard InChI is InChI=1S/C19H17NO5S/c1-24-17-5-3-2-4-15(17)16(21)11-25-14-8-6-13(7-9-14)10-20-18(22)12-26-19(20)23/h2-9H,10-12H2,1H3. The van der Waals surface area contributed by atoms with Crippen LogP contribution in [0.25, 0.3) is 0 Å².